The molecule has 1 atom stereocenters. The highest BCUT2D eigenvalue weighted by atomic mass is 19.4. The van der Waals surface area contributed by atoms with Crippen LogP contribution in [0.3, 0.4) is 0 Å². The van der Waals surface area contributed by atoms with E-state index in [0.717, 1.165) is 12.1 Å². The summed E-state index contributed by atoms with van der Waals surface area (Å²) in [5.41, 5.74) is -1.66. The number of carboxylic acids is 1. The fourth-order valence-electron chi connectivity index (χ4n) is 1.75. The highest BCUT2D eigenvalue weighted by Gasteiger charge is 2.33. The number of hydrogen-bond acceptors (Lipinski definition) is 3. The molecule has 22 heavy (non-hydrogen) atoms. The number of carboxylic acid groups (broad SMARTS) is 1. The Bertz CT molecular complexity index is 559. The van der Waals surface area contributed by atoms with E-state index in [0.29, 0.717) is 0 Å². The number of aliphatic carboxylic acids is 1. The van der Waals surface area contributed by atoms with Crippen LogP contribution >= 0.6 is 0 Å². The Morgan fingerprint density at radius 1 is 1.23 bits per heavy atom. The molecule has 0 radical (unpaired) electrons. The lowest BCUT2D eigenvalue weighted by Gasteiger charge is -2.22. The van der Waals surface area contributed by atoms with Gasteiger partial charge in [-0.05, 0) is 38.8 Å². The molecule has 1 rings (SSSR count). The monoisotopic (exact) mass is 318 g/mol. The molecule has 0 bridgehead atoms. The molecule has 0 fully saturated rings. The fourth-order valence-corrected chi connectivity index (χ4v) is 1.75. The van der Waals surface area contributed by atoms with Crippen molar-refractivity contribution in [3.05, 3.63) is 35.4 Å². The summed E-state index contributed by atoms with van der Waals surface area (Å²) < 4.78 is 42.9. The van der Waals surface area contributed by atoms with E-state index in [-0.39, 0.29) is 12.0 Å². The molecule has 4 nitrogen and oxygen atoms in total. The van der Waals surface area contributed by atoms with Crippen molar-refractivity contribution in [2.24, 2.45) is 5.92 Å². The highest BCUT2D eigenvalue weighted by molar-refractivity contribution is 5.94. The lowest BCUT2D eigenvalue weighted by molar-refractivity contribution is -0.166. The second kappa shape index (κ2) is 6.37. The Morgan fingerprint density at radius 2 is 1.82 bits per heavy atom. The number of esters is 1. The first kappa shape index (κ1) is 18.0. The number of hydrogen-bond donors (Lipinski definition) is 1. The smallest absolute Gasteiger partial charge is 0.416 e. The summed E-state index contributed by atoms with van der Waals surface area (Å²) in [5, 5.41) is 9.11. The number of ether oxygens (including phenoxy) is 1. The number of rotatable bonds is 4. The van der Waals surface area contributed by atoms with Crippen LogP contribution in [0, 0.1) is 5.92 Å². The van der Waals surface area contributed by atoms with Crippen molar-refractivity contribution in [3.8, 4) is 0 Å². The van der Waals surface area contributed by atoms with E-state index in [1.165, 1.54) is 12.1 Å². The van der Waals surface area contributed by atoms with E-state index in [9.17, 15) is 22.8 Å². The molecule has 122 valence electrons. The maximum Gasteiger partial charge on any atom is 0.416 e. The maximum atomic E-state index is 12.6. The van der Waals surface area contributed by atoms with Crippen molar-refractivity contribution in [3.63, 3.8) is 0 Å². The van der Waals surface area contributed by atoms with Gasteiger partial charge in [-0.3, -0.25) is 9.59 Å². The predicted octanol–water partition coefficient (Wildman–Crippen LogP) is 3.29. The normalized spacial score (nSPS) is 13.5. The van der Waals surface area contributed by atoms with Gasteiger partial charge in [-0.2, -0.15) is 13.2 Å². The number of halogens is 3. The maximum absolute atomic E-state index is 12.6. The molecule has 1 N–H and O–H groups in total. The van der Waals surface area contributed by atoms with E-state index in [4.69, 9.17) is 9.84 Å². The van der Waals surface area contributed by atoms with Crippen molar-refractivity contribution < 1.29 is 32.6 Å². The van der Waals surface area contributed by atoms with Gasteiger partial charge in [0.1, 0.15) is 5.60 Å². The van der Waals surface area contributed by atoms with Crippen molar-refractivity contribution in [2.45, 2.75) is 39.0 Å². The van der Waals surface area contributed by atoms with Crippen LogP contribution in [0.1, 0.15) is 31.9 Å². The van der Waals surface area contributed by atoms with Gasteiger partial charge in [-0.1, -0.05) is 18.2 Å². The Hall–Kier alpha value is -2.05. The second-order valence-corrected chi connectivity index (χ2v) is 5.83. The summed E-state index contributed by atoms with van der Waals surface area (Å²) in [4.78, 5) is 23.1. The predicted molar refractivity (Wildman–Crippen MR) is 72.1 cm³/mol. The number of carbonyl (C=O) groups is 2. The standard InChI is InChI=1S/C15H17F3O4/c1-14(2,3)22-13(21)11(12(19)20)8-9-5-4-6-10(7-9)15(16,17)18/h4-7,11H,8H2,1-3H3,(H,19,20). The molecule has 0 saturated carbocycles. The summed E-state index contributed by atoms with van der Waals surface area (Å²) in [6.07, 6.45) is -4.89. The van der Waals surface area contributed by atoms with Crippen LogP contribution in [0.25, 0.3) is 0 Å². The Labute approximate surface area is 125 Å². The third-order valence-corrected chi connectivity index (χ3v) is 2.68. The summed E-state index contributed by atoms with van der Waals surface area (Å²) in [5.74, 6) is -3.97. The zero-order chi connectivity index (χ0) is 17.1. The number of carbonyl (C=O) groups excluding carboxylic acids is 1. The van der Waals surface area contributed by atoms with Crippen molar-refractivity contribution in [1.29, 1.82) is 0 Å². The summed E-state index contributed by atoms with van der Waals surface area (Å²) >= 11 is 0. The van der Waals surface area contributed by atoms with Crippen LogP contribution in [0.4, 0.5) is 13.2 Å². The van der Waals surface area contributed by atoms with E-state index in [1.54, 1.807) is 20.8 Å². The highest BCUT2D eigenvalue weighted by Crippen LogP contribution is 2.30. The molecule has 1 unspecified atom stereocenters. The summed E-state index contributed by atoms with van der Waals surface area (Å²) in [6.45, 7) is 4.73. The zero-order valence-corrected chi connectivity index (χ0v) is 12.4. The van der Waals surface area contributed by atoms with Gasteiger partial charge in [0.25, 0.3) is 0 Å². The summed E-state index contributed by atoms with van der Waals surface area (Å²) in [6, 6.07) is 4.23. The lowest BCUT2D eigenvalue weighted by atomic mass is 9.97. The largest absolute Gasteiger partial charge is 0.481 e. The lowest BCUT2D eigenvalue weighted by Crippen LogP contribution is -2.34. The van der Waals surface area contributed by atoms with Gasteiger partial charge in [0, 0.05) is 0 Å². The third-order valence-electron chi connectivity index (χ3n) is 2.68. The molecule has 0 aliphatic heterocycles. The molecule has 0 saturated heterocycles. The van der Waals surface area contributed by atoms with E-state index < -0.39 is 35.2 Å². The number of benzene rings is 1. The minimum atomic E-state index is -4.53. The molecule has 7 heteroatoms. The molecular formula is C15H17F3O4. The molecule has 0 amide bonds. The van der Waals surface area contributed by atoms with Crippen molar-refractivity contribution in [1.82, 2.24) is 0 Å². The zero-order valence-electron chi connectivity index (χ0n) is 12.4. The molecule has 0 aliphatic carbocycles. The minimum absolute atomic E-state index is 0.105. The third kappa shape index (κ3) is 5.38. The average Bonchev–Trinajstić information content (AvgIpc) is 2.32. The minimum Gasteiger partial charge on any atom is -0.481 e. The van der Waals surface area contributed by atoms with Crippen molar-refractivity contribution >= 4 is 11.9 Å². The number of alkyl halides is 3. The van der Waals surface area contributed by atoms with Gasteiger partial charge >= 0.3 is 18.1 Å². The Balaban J connectivity index is 2.98. The van der Waals surface area contributed by atoms with Crippen LogP contribution in [-0.4, -0.2) is 22.6 Å². The quantitative estimate of drug-likeness (QED) is 0.683. The van der Waals surface area contributed by atoms with Gasteiger partial charge in [-0.25, -0.2) is 0 Å². The van der Waals surface area contributed by atoms with E-state index in [1.807, 2.05) is 0 Å². The van der Waals surface area contributed by atoms with Crippen LogP contribution in [0.2, 0.25) is 0 Å². The molecule has 0 heterocycles. The SMILES string of the molecule is CC(C)(C)OC(=O)C(Cc1cccc(C(F)(F)F)c1)C(=O)O. The van der Waals surface area contributed by atoms with Crippen LogP contribution < -0.4 is 0 Å². The molecule has 0 aromatic heterocycles. The van der Waals surface area contributed by atoms with Crippen LogP contribution in [0.15, 0.2) is 24.3 Å². The van der Waals surface area contributed by atoms with Gasteiger partial charge in [0.05, 0.1) is 5.56 Å². The topological polar surface area (TPSA) is 63.6 Å². The van der Waals surface area contributed by atoms with Gasteiger partial charge in [0.15, 0.2) is 5.92 Å². The Kier molecular flexibility index (Phi) is 5.22. The fraction of sp³-hybridized carbons (Fsp3) is 0.467. The first-order valence-electron chi connectivity index (χ1n) is 6.52. The first-order valence-corrected chi connectivity index (χ1v) is 6.52. The molecule has 0 aliphatic rings. The van der Waals surface area contributed by atoms with Gasteiger partial charge in [-0.15, -0.1) is 0 Å². The average molecular weight is 318 g/mol. The second-order valence-electron chi connectivity index (χ2n) is 5.83. The molecular weight excluding hydrogens is 301 g/mol. The first-order chi connectivity index (χ1) is 9.90. The van der Waals surface area contributed by atoms with Crippen molar-refractivity contribution in [2.75, 3.05) is 0 Å². The molecule has 1 aromatic rings. The van der Waals surface area contributed by atoms with E-state index in [2.05, 4.69) is 0 Å². The molecule has 1 aromatic carbocycles. The van der Waals surface area contributed by atoms with Crippen LogP contribution in [-0.2, 0) is 26.9 Å². The van der Waals surface area contributed by atoms with Crippen LogP contribution in [0.5, 0.6) is 0 Å². The van der Waals surface area contributed by atoms with Gasteiger partial charge < -0.3 is 9.84 Å². The summed E-state index contributed by atoms with van der Waals surface area (Å²) in [7, 11) is 0. The Morgan fingerprint density at radius 3 is 2.27 bits per heavy atom. The molecule has 0 spiro atoms. The van der Waals surface area contributed by atoms with Gasteiger partial charge in [0.2, 0.25) is 0 Å². The van der Waals surface area contributed by atoms with E-state index >= 15 is 0 Å².